The van der Waals surface area contributed by atoms with E-state index in [-0.39, 0.29) is 17.0 Å². The summed E-state index contributed by atoms with van der Waals surface area (Å²) in [5.74, 6) is -0.782. The Labute approximate surface area is 152 Å². The number of nitrogens with one attached hydrogen (secondary N) is 1. The van der Waals surface area contributed by atoms with E-state index in [0.29, 0.717) is 5.56 Å². The Balaban J connectivity index is 2.26. The van der Waals surface area contributed by atoms with E-state index in [1.54, 1.807) is 23.1 Å². The summed E-state index contributed by atoms with van der Waals surface area (Å²) in [6.45, 7) is 0. The maximum absolute atomic E-state index is 13.1. The number of ether oxygens (including phenoxy) is 1. The van der Waals surface area contributed by atoms with Crippen LogP contribution >= 0.6 is 0 Å². The average Bonchev–Trinajstić information content (AvgIpc) is 2.60. The Bertz CT molecular complexity index is 906. The Hall–Kier alpha value is -2.63. The van der Waals surface area contributed by atoms with Crippen LogP contribution in [-0.4, -0.2) is 35.4 Å². The number of sulfonamides is 1. The lowest BCUT2D eigenvalue weighted by atomic mass is 10.1. The van der Waals surface area contributed by atoms with Crippen molar-refractivity contribution < 1.29 is 17.5 Å². The van der Waals surface area contributed by atoms with Crippen molar-refractivity contribution in [2.45, 2.75) is 6.10 Å². The first kappa shape index (κ1) is 19.7. The van der Waals surface area contributed by atoms with Crippen molar-refractivity contribution in [1.82, 2.24) is 0 Å². The lowest BCUT2D eigenvalue weighted by Gasteiger charge is -2.19. The van der Waals surface area contributed by atoms with Gasteiger partial charge >= 0.3 is 0 Å². The van der Waals surface area contributed by atoms with Crippen LogP contribution in [0.4, 0.5) is 15.8 Å². The quantitative estimate of drug-likeness (QED) is 0.802. The maximum atomic E-state index is 13.1. The third-order valence-electron chi connectivity index (χ3n) is 3.80. The van der Waals surface area contributed by atoms with Gasteiger partial charge in [-0.3, -0.25) is 4.72 Å². The van der Waals surface area contributed by atoms with Gasteiger partial charge in [0.25, 0.3) is 0 Å². The highest BCUT2D eigenvalue weighted by Gasteiger charge is 2.22. The van der Waals surface area contributed by atoms with Gasteiger partial charge in [-0.1, -0.05) is 12.1 Å². The molecule has 2 rings (SSSR count). The van der Waals surface area contributed by atoms with Crippen molar-refractivity contribution in [3.05, 3.63) is 59.4 Å². The number of benzene rings is 2. The molecule has 0 amide bonds. The van der Waals surface area contributed by atoms with Crippen LogP contribution in [0.2, 0.25) is 0 Å². The molecule has 0 fully saturated rings. The molecule has 0 radical (unpaired) electrons. The second kappa shape index (κ2) is 8.17. The molecule has 0 saturated carbocycles. The Morgan fingerprint density at radius 2 is 1.88 bits per heavy atom. The summed E-state index contributed by atoms with van der Waals surface area (Å²) >= 11 is 0. The van der Waals surface area contributed by atoms with Crippen LogP contribution in [0, 0.1) is 17.1 Å². The Morgan fingerprint density at radius 1 is 1.23 bits per heavy atom. The monoisotopic (exact) mass is 377 g/mol. The highest BCUT2D eigenvalue weighted by atomic mass is 32.2. The van der Waals surface area contributed by atoms with Gasteiger partial charge in [-0.05, 0) is 35.9 Å². The van der Waals surface area contributed by atoms with Gasteiger partial charge in [-0.15, -0.1) is 0 Å². The fraction of sp³-hybridized carbons (Fsp3) is 0.278. The number of methoxy groups -OCH3 is 1. The second-order valence-electron chi connectivity index (χ2n) is 5.90. The Kier molecular flexibility index (Phi) is 6.18. The van der Waals surface area contributed by atoms with Gasteiger partial charge in [0.05, 0.1) is 23.1 Å². The van der Waals surface area contributed by atoms with E-state index in [1.807, 2.05) is 20.2 Å². The van der Waals surface area contributed by atoms with Crippen molar-refractivity contribution in [3.63, 3.8) is 0 Å². The van der Waals surface area contributed by atoms with Crippen molar-refractivity contribution in [2.75, 3.05) is 36.6 Å². The van der Waals surface area contributed by atoms with Gasteiger partial charge < -0.3 is 9.64 Å². The van der Waals surface area contributed by atoms with Crippen LogP contribution in [0.25, 0.3) is 0 Å². The average molecular weight is 377 g/mol. The molecule has 138 valence electrons. The van der Waals surface area contributed by atoms with Crippen LogP contribution in [0.3, 0.4) is 0 Å². The zero-order chi connectivity index (χ0) is 19.3. The first-order valence-electron chi connectivity index (χ1n) is 7.76. The lowest BCUT2D eigenvalue weighted by molar-refractivity contribution is 0.122. The highest BCUT2D eigenvalue weighted by molar-refractivity contribution is 7.92. The van der Waals surface area contributed by atoms with E-state index < -0.39 is 21.9 Å². The van der Waals surface area contributed by atoms with Gasteiger partial charge in [0.15, 0.2) is 0 Å². The van der Waals surface area contributed by atoms with Gasteiger partial charge in [-0.25, -0.2) is 12.8 Å². The zero-order valence-corrected chi connectivity index (χ0v) is 15.5. The lowest BCUT2D eigenvalue weighted by Crippen LogP contribution is -2.23. The number of hydrogen-bond acceptors (Lipinski definition) is 5. The summed E-state index contributed by atoms with van der Waals surface area (Å²) in [7, 11) is 1.20. The van der Waals surface area contributed by atoms with Crippen LogP contribution in [0.1, 0.15) is 17.2 Å². The molecule has 0 aliphatic rings. The normalized spacial score (nSPS) is 12.3. The van der Waals surface area contributed by atoms with E-state index in [4.69, 9.17) is 4.74 Å². The van der Waals surface area contributed by atoms with Gasteiger partial charge in [0, 0.05) is 26.9 Å². The predicted octanol–water partition coefficient (Wildman–Crippen LogP) is 2.89. The van der Waals surface area contributed by atoms with Crippen LogP contribution < -0.4 is 9.62 Å². The fourth-order valence-corrected chi connectivity index (χ4v) is 3.69. The number of halogens is 1. The molecule has 1 atom stereocenters. The van der Waals surface area contributed by atoms with Gasteiger partial charge in [0.2, 0.25) is 10.0 Å². The van der Waals surface area contributed by atoms with Crippen molar-refractivity contribution in [1.29, 1.82) is 5.26 Å². The number of rotatable bonds is 7. The molecule has 1 N–H and O–H groups in total. The van der Waals surface area contributed by atoms with E-state index in [1.165, 1.54) is 31.4 Å². The van der Waals surface area contributed by atoms with Crippen molar-refractivity contribution in [3.8, 4) is 6.07 Å². The molecule has 0 aliphatic carbocycles. The third kappa shape index (κ3) is 4.94. The summed E-state index contributed by atoms with van der Waals surface area (Å²) in [5, 5.41) is 9.22. The molecule has 2 aromatic carbocycles. The molecular formula is C18H20FN3O3S. The number of hydrogen-bond donors (Lipinski definition) is 1. The Morgan fingerprint density at radius 3 is 2.42 bits per heavy atom. The summed E-state index contributed by atoms with van der Waals surface area (Å²) in [5.41, 5.74) is 1.72. The summed E-state index contributed by atoms with van der Waals surface area (Å²) in [4.78, 5) is 1.80. The minimum atomic E-state index is -3.82. The fourth-order valence-electron chi connectivity index (χ4n) is 2.38. The zero-order valence-electron chi connectivity index (χ0n) is 14.7. The summed E-state index contributed by atoms with van der Waals surface area (Å²) < 4.78 is 45.9. The number of anilines is 2. The molecule has 0 bridgehead atoms. The highest BCUT2D eigenvalue weighted by Crippen LogP contribution is 2.25. The molecule has 6 nitrogen and oxygen atoms in total. The molecule has 2 aromatic rings. The molecule has 0 heterocycles. The van der Waals surface area contributed by atoms with Crippen LogP contribution in [0.15, 0.2) is 42.5 Å². The number of nitrogens with zero attached hydrogens (tertiary/aromatic N) is 2. The van der Waals surface area contributed by atoms with Crippen molar-refractivity contribution in [2.24, 2.45) is 0 Å². The summed E-state index contributed by atoms with van der Waals surface area (Å²) in [6.07, 6.45) is -0.768. The van der Waals surface area contributed by atoms with Gasteiger partial charge in [0.1, 0.15) is 11.9 Å². The topological polar surface area (TPSA) is 82.4 Å². The molecule has 0 saturated heterocycles. The van der Waals surface area contributed by atoms with E-state index >= 15 is 0 Å². The van der Waals surface area contributed by atoms with Gasteiger partial charge in [-0.2, -0.15) is 5.26 Å². The third-order valence-corrected chi connectivity index (χ3v) is 5.08. The van der Waals surface area contributed by atoms with Crippen molar-refractivity contribution >= 4 is 21.4 Å². The largest absolute Gasteiger partial charge is 0.378 e. The van der Waals surface area contributed by atoms with Crippen LogP contribution in [0.5, 0.6) is 0 Å². The number of nitriles is 1. The SMILES string of the molecule is COC(CS(=O)(=O)Nc1cc(N(C)C)ccc1C#N)c1ccc(F)cc1. The molecule has 26 heavy (non-hydrogen) atoms. The standard InChI is InChI=1S/C18H20FN3O3S/c1-22(2)16-9-6-14(11-20)17(10-16)21-26(23,24)12-18(25-3)13-4-7-15(19)8-5-13/h4-10,18,21H,12H2,1-3H3. The first-order chi connectivity index (χ1) is 12.3. The van der Waals surface area contributed by atoms with E-state index in [9.17, 15) is 18.1 Å². The second-order valence-corrected chi connectivity index (χ2v) is 7.66. The minimum Gasteiger partial charge on any atom is -0.378 e. The summed E-state index contributed by atoms with van der Waals surface area (Å²) in [6, 6.07) is 12.3. The molecule has 0 spiro atoms. The molecule has 0 aliphatic heterocycles. The van der Waals surface area contributed by atoms with Crippen LogP contribution in [-0.2, 0) is 14.8 Å². The molecular weight excluding hydrogens is 357 g/mol. The minimum absolute atomic E-state index is 0.202. The smallest absolute Gasteiger partial charge is 0.235 e. The molecule has 0 aromatic heterocycles. The molecule has 8 heteroatoms. The molecule has 1 unspecified atom stereocenters. The maximum Gasteiger partial charge on any atom is 0.235 e. The van der Waals surface area contributed by atoms with E-state index in [2.05, 4.69) is 4.72 Å². The predicted molar refractivity (Wildman–Crippen MR) is 99.0 cm³/mol. The van der Waals surface area contributed by atoms with E-state index in [0.717, 1.165) is 5.69 Å². The first-order valence-corrected chi connectivity index (χ1v) is 9.41.